The van der Waals surface area contributed by atoms with Crippen LogP contribution in [-0.2, 0) is 0 Å². The van der Waals surface area contributed by atoms with Crippen molar-refractivity contribution >= 4 is 65.4 Å². The van der Waals surface area contributed by atoms with Gasteiger partial charge in [-0.1, -0.05) is 146 Å². The Balaban J connectivity index is 1.14. The first-order chi connectivity index (χ1) is 28.3. The molecule has 0 saturated carbocycles. The van der Waals surface area contributed by atoms with Gasteiger partial charge in [0.1, 0.15) is 0 Å². The summed E-state index contributed by atoms with van der Waals surface area (Å²) >= 11 is 0. The molecule has 0 atom stereocenters. The third kappa shape index (κ3) is 4.73. The number of para-hydroxylation sites is 6. The molecule has 3 nitrogen and oxygen atoms in total. The molecule has 0 unspecified atom stereocenters. The number of benzene rings is 9. The fraction of sp³-hybridized carbons (Fsp3) is 0. The SMILES string of the molecule is c1ccc(-n2c3ccccc3c3ccc(-c4ccc(-c5c6c7ccccc7n(-c7ccccc7)c6cc6c7ccccc7n(-c7ccccc7)c56)cc4)cc32)cc1. The van der Waals surface area contributed by atoms with Gasteiger partial charge in [-0.05, 0) is 83.4 Å². The summed E-state index contributed by atoms with van der Waals surface area (Å²) in [5.41, 5.74) is 15.5. The normalized spacial score (nSPS) is 11.9. The minimum atomic E-state index is 1.15. The molecule has 12 aromatic rings. The zero-order valence-electron chi connectivity index (χ0n) is 31.0. The second-order valence-corrected chi connectivity index (χ2v) is 14.9. The standard InChI is InChI=1S/C54H35N3/c1-4-16-39(17-5-1)55-47-25-13-10-22-42(47)44-33-32-38(34-50(44)55)36-28-30-37(31-29-36)52-53-45-24-12-15-27-49(45)56(40-18-6-2-7-19-40)51(53)35-46-43-23-11-14-26-48(43)57(54(46)52)41-20-8-3-9-21-41/h1-35H. The lowest BCUT2D eigenvalue weighted by molar-refractivity contribution is 1.17. The number of hydrogen-bond acceptors (Lipinski definition) is 0. The first kappa shape index (κ1) is 31.7. The van der Waals surface area contributed by atoms with Crippen LogP contribution in [-0.4, -0.2) is 13.7 Å². The van der Waals surface area contributed by atoms with Crippen molar-refractivity contribution in [3.8, 4) is 39.3 Å². The molecule has 0 aliphatic rings. The van der Waals surface area contributed by atoms with Gasteiger partial charge in [0.15, 0.2) is 0 Å². The monoisotopic (exact) mass is 725 g/mol. The van der Waals surface area contributed by atoms with Crippen LogP contribution in [0.4, 0.5) is 0 Å². The average Bonchev–Trinajstić information content (AvgIpc) is 3.92. The van der Waals surface area contributed by atoms with E-state index in [4.69, 9.17) is 0 Å². The molecule has 0 spiro atoms. The summed E-state index contributed by atoms with van der Waals surface area (Å²) in [7, 11) is 0. The second kappa shape index (κ2) is 12.5. The van der Waals surface area contributed by atoms with Crippen LogP contribution < -0.4 is 0 Å². The Morgan fingerprint density at radius 1 is 0.246 bits per heavy atom. The predicted octanol–water partition coefficient (Wildman–Crippen LogP) is 14.3. The predicted molar refractivity (Wildman–Crippen MR) is 240 cm³/mol. The van der Waals surface area contributed by atoms with E-state index in [9.17, 15) is 0 Å². The highest BCUT2D eigenvalue weighted by Gasteiger charge is 2.24. The van der Waals surface area contributed by atoms with E-state index in [2.05, 4.69) is 226 Å². The largest absolute Gasteiger partial charge is 0.309 e. The van der Waals surface area contributed by atoms with Gasteiger partial charge in [-0.25, -0.2) is 0 Å². The highest BCUT2D eigenvalue weighted by Crippen LogP contribution is 2.47. The topological polar surface area (TPSA) is 14.8 Å². The minimum Gasteiger partial charge on any atom is -0.309 e. The fourth-order valence-corrected chi connectivity index (χ4v) is 9.39. The van der Waals surface area contributed by atoms with Crippen molar-refractivity contribution in [3.63, 3.8) is 0 Å². The van der Waals surface area contributed by atoms with E-state index in [1.165, 1.54) is 87.7 Å². The van der Waals surface area contributed by atoms with E-state index < -0.39 is 0 Å². The summed E-state index contributed by atoms with van der Waals surface area (Å²) in [5.74, 6) is 0. The zero-order valence-corrected chi connectivity index (χ0v) is 31.0. The van der Waals surface area contributed by atoms with Gasteiger partial charge >= 0.3 is 0 Å². The van der Waals surface area contributed by atoms with Crippen LogP contribution in [0.1, 0.15) is 0 Å². The maximum Gasteiger partial charge on any atom is 0.0627 e. The van der Waals surface area contributed by atoms with Gasteiger partial charge in [-0.15, -0.1) is 0 Å². The highest BCUT2D eigenvalue weighted by molar-refractivity contribution is 6.27. The van der Waals surface area contributed by atoms with Gasteiger partial charge in [0.2, 0.25) is 0 Å². The minimum absolute atomic E-state index is 1.15. The Morgan fingerprint density at radius 2 is 0.667 bits per heavy atom. The van der Waals surface area contributed by atoms with Crippen LogP contribution >= 0.6 is 0 Å². The molecule has 266 valence electrons. The molecule has 0 amide bonds. The molecule has 0 N–H and O–H groups in total. The summed E-state index contributed by atoms with van der Waals surface area (Å²) in [6.07, 6.45) is 0. The van der Waals surface area contributed by atoms with E-state index in [1.54, 1.807) is 0 Å². The molecule has 9 aromatic carbocycles. The first-order valence-corrected chi connectivity index (χ1v) is 19.6. The van der Waals surface area contributed by atoms with Crippen LogP contribution in [0.2, 0.25) is 0 Å². The quantitative estimate of drug-likeness (QED) is 0.168. The van der Waals surface area contributed by atoms with Gasteiger partial charge in [0.05, 0.1) is 33.1 Å². The summed E-state index contributed by atoms with van der Waals surface area (Å²) < 4.78 is 7.31. The Bertz CT molecular complexity index is 3470. The van der Waals surface area contributed by atoms with Crippen molar-refractivity contribution in [2.24, 2.45) is 0 Å². The van der Waals surface area contributed by atoms with Gasteiger partial charge < -0.3 is 13.7 Å². The van der Waals surface area contributed by atoms with Gasteiger partial charge in [0.25, 0.3) is 0 Å². The number of aromatic nitrogens is 3. The van der Waals surface area contributed by atoms with Gasteiger partial charge in [-0.2, -0.15) is 0 Å². The van der Waals surface area contributed by atoms with Crippen molar-refractivity contribution in [2.75, 3.05) is 0 Å². The van der Waals surface area contributed by atoms with Crippen molar-refractivity contribution in [3.05, 3.63) is 212 Å². The van der Waals surface area contributed by atoms with E-state index in [1.807, 2.05) is 0 Å². The first-order valence-electron chi connectivity index (χ1n) is 19.6. The zero-order chi connectivity index (χ0) is 37.5. The molecule has 57 heavy (non-hydrogen) atoms. The van der Waals surface area contributed by atoms with Crippen LogP contribution in [0.25, 0.3) is 105 Å². The molecular formula is C54H35N3. The van der Waals surface area contributed by atoms with E-state index in [0.29, 0.717) is 0 Å². The lowest BCUT2D eigenvalue weighted by Gasteiger charge is -2.15. The Kier molecular flexibility index (Phi) is 6.93. The maximum atomic E-state index is 2.47. The summed E-state index contributed by atoms with van der Waals surface area (Å²) in [6, 6.07) is 77.4. The molecular weight excluding hydrogens is 691 g/mol. The molecule has 0 aliphatic heterocycles. The number of fused-ring (bicyclic) bond motifs is 9. The van der Waals surface area contributed by atoms with Crippen LogP contribution in [0.5, 0.6) is 0 Å². The molecule has 3 heterocycles. The average molecular weight is 726 g/mol. The number of rotatable bonds is 5. The summed E-state index contributed by atoms with van der Waals surface area (Å²) in [6.45, 7) is 0. The van der Waals surface area contributed by atoms with Gasteiger partial charge in [0, 0.05) is 54.9 Å². The molecule has 3 aromatic heterocycles. The van der Waals surface area contributed by atoms with Crippen molar-refractivity contribution in [2.45, 2.75) is 0 Å². The van der Waals surface area contributed by atoms with Crippen molar-refractivity contribution in [1.82, 2.24) is 13.7 Å². The molecule has 0 aliphatic carbocycles. The Hall–Kier alpha value is -7.62. The number of nitrogens with zero attached hydrogens (tertiary/aromatic N) is 3. The number of hydrogen-bond donors (Lipinski definition) is 0. The highest BCUT2D eigenvalue weighted by atomic mass is 15.0. The van der Waals surface area contributed by atoms with Crippen LogP contribution in [0.3, 0.4) is 0 Å². The Labute approximate surface area is 329 Å². The second-order valence-electron chi connectivity index (χ2n) is 14.9. The molecule has 3 heteroatoms. The van der Waals surface area contributed by atoms with Crippen molar-refractivity contribution in [1.29, 1.82) is 0 Å². The van der Waals surface area contributed by atoms with Gasteiger partial charge in [-0.3, -0.25) is 0 Å². The molecule has 0 bridgehead atoms. The summed E-state index contributed by atoms with van der Waals surface area (Å²) in [4.78, 5) is 0. The molecule has 12 rings (SSSR count). The molecule has 0 saturated heterocycles. The Morgan fingerprint density at radius 3 is 1.28 bits per heavy atom. The van der Waals surface area contributed by atoms with E-state index >= 15 is 0 Å². The maximum absolute atomic E-state index is 2.47. The molecule has 0 radical (unpaired) electrons. The molecule has 0 fully saturated rings. The lowest BCUT2D eigenvalue weighted by Crippen LogP contribution is -1.97. The van der Waals surface area contributed by atoms with E-state index in [0.717, 1.165) is 17.1 Å². The van der Waals surface area contributed by atoms with Crippen LogP contribution in [0.15, 0.2) is 212 Å². The smallest absolute Gasteiger partial charge is 0.0627 e. The third-order valence-electron chi connectivity index (χ3n) is 11.8. The third-order valence-corrected chi connectivity index (χ3v) is 11.8. The van der Waals surface area contributed by atoms with Crippen LogP contribution in [0, 0.1) is 0 Å². The summed E-state index contributed by atoms with van der Waals surface area (Å²) in [5, 5.41) is 7.49. The lowest BCUT2D eigenvalue weighted by atomic mass is 9.94. The fourth-order valence-electron chi connectivity index (χ4n) is 9.39. The van der Waals surface area contributed by atoms with E-state index in [-0.39, 0.29) is 0 Å². The van der Waals surface area contributed by atoms with Crippen molar-refractivity contribution < 1.29 is 0 Å².